The van der Waals surface area contributed by atoms with Gasteiger partial charge in [-0.25, -0.2) is 4.79 Å². The zero-order chi connectivity index (χ0) is 32.4. The second kappa shape index (κ2) is 21.8. The fourth-order valence-electron chi connectivity index (χ4n) is 7.28. The summed E-state index contributed by atoms with van der Waals surface area (Å²) in [6.07, 6.45) is 21.2. The van der Waals surface area contributed by atoms with Crippen molar-refractivity contribution >= 4 is 5.97 Å². The molecule has 0 aromatic heterocycles. The molecule has 9 atom stereocenters. The fraction of sp³-hybridized carbons (Fsp3) is 0.919. The van der Waals surface area contributed by atoms with Crippen molar-refractivity contribution < 1.29 is 39.4 Å². The summed E-state index contributed by atoms with van der Waals surface area (Å²) in [5.41, 5.74) is 0.846. The minimum Gasteiger partial charge on any atom is -0.455 e. The monoisotopic (exact) mass is 638 g/mol. The minimum atomic E-state index is -0.654. The highest BCUT2D eigenvalue weighted by atomic mass is 16.5. The highest BCUT2D eigenvalue weighted by molar-refractivity contribution is 5.90. The van der Waals surface area contributed by atoms with Crippen molar-refractivity contribution in [2.45, 2.75) is 216 Å². The van der Waals surface area contributed by atoms with Gasteiger partial charge in [0.05, 0.1) is 48.8 Å². The topological polar surface area (TPSA) is 126 Å². The minimum absolute atomic E-state index is 0.0675. The molecule has 0 aromatic carbocycles. The van der Waals surface area contributed by atoms with Crippen LogP contribution >= 0.6 is 0 Å². The van der Waals surface area contributed by atoms with Crippen LogP contribution in [0.3, 0.4) is 0 Å². The van der Waals surface area contributed by atoms with E-state index in [9.17, 15) is 25.2 Å². The third kappa shape index (κ3) is 14.7. The van der Waals surface area contributed by atoms with Crippen LogP contribution in [0, 0.1) is 0 Å². The van der Waals surface area contributed by atoms with Gasteiger partial charge in [-0.15, -0.1) is 0 Å². The maximum atomic E-state index is 11.7. The quantitative estimate of drug-likeness (QED) is 0.0634. The predicted octanol–water partition coefficient (Wildman–Crippen LogP) is 6.83. The third-order valence-electron chi connectivity index (χ3n) is 10.2. The van der Waals surface area contributed by atoms with Crippen molar-refractivity contribution in [2.24, 2.45) is 0 Å². The number of ether oxygens (including phenoxy) is 3. The number of carbonyl (C=O) groups excluding carboxylic acids is 1. The number of esters is 1. The molecule has 0 amide bonds. The molecular formula is C37H66O8. The molecule has 4 N–H and O–H groups in total. The summed E-state index contributed by atoms with van der Waals surface area (Å²) < 4.78 is 17.4. The van der Waals surface area contributed by atoms with Crippen molar-refractivity contribution in [1.82, 2.24) is 0 Å². The van der Waals surface area contributed by atoms with Gasteiger partial charge in [-0.3, -0.25) is 0 Å². The smallest absolute Gasteiger partial charge is 0.334 e. The van der Waals surface area contributed by atoms with Gasteiger partial charge in [0.1, 0.15) is 6.10 Å². The number of aliphatic hydroxyl groups excluding tert-OH is 4. The normalized spacial score (nSPS) is 27.8. The molecule has 45 heavy (non-hydrogen) atoms. The van der Waals surface area contributed by atoms with Crippen LogP contribution in [0.25, 0.3) is 0 Å². The van der Waals surface area contributed by atoms with Gasteiger partial charge in [0.25, 0.3) is 0 Å². The number of unbranched alkanes of at least 4 members (excludes halogenated alkanes) is 9. The van der Waals surface area contributed by atoms with E-state index in [1.165, 1.54) is 44.9 Å². The van der Waals surface area contributed by atoms with Gasteiger partial charge < -0.3 is 34.6 Å². The number of cyclic esters (lactones) is 1. The van der Waals surface area contributed by atoms with Crippen LogP contribution in [0.5, 0.6) is 0 Å². The average Bonchev–Trinajstić information content (AvgIpc) is 3.77. The molecule has 0 radical (unpaired) electrons. The van der Waals surface area contributed by atoms with Crippen LogP contribution in [0.2, 0.25) is 0 Å². The van der Waals surface area contributed by atoms with E-state index >= 15 is 0 Å². The maximum Gasteiger partial charge on any atom is 0.334 e. The lowest BCUT2D eigenvalue weighted by Gasteiger charge is -2.24. The van der Waals surface area contributed by atoms with Crippen LogP contribution in [0.1, 0.15) is 162 Å². The molecule has 2 fully saturated rings. The summed E-state index contributed by atoms with van der Waals surface area (Å²) in [6, 6.07) is 0. The van der Waals surface area contributed by atoms with Gasteiger partial charge >= 0.3 is 5.97 Å². The first-order valence-electron chi connectivity index (χ1n) is 18.7. The summed E-state index contributed by atoms with van der Waals surface area (Å²) in [5.74, 6) is -0.138. The summed E-state index contributed by atoms with van der Waals surface area (Å²) in [4.78, 5) is 11.7. The molecule has 3 rings (SSSR count). The largest absolute Gasteiger partial charge is 0.455 e. The van der Waals surface area contributed by atoms with Crippen LogP contribution in [-0.4, -0.2) is 81.3 Å². The van der Waals surface area contributed by atoms with Crippen LogP contribution in [0.15, 0.2) is 11.6 Å². The summed E-state index contributed by atoms with van der Waals surface area (Å²) in [7, 11) is 0. The lowest BCUT2D eigenvalue weighted by Crippen LogP contribution is -2.33. The Morgan fingerprint density at radius 3 is 1.87 bits per heavy atom. The summed E-state index contributed by atoms with van der Waals surface area (Å²) in [6.45, 7) is 4.09. The Kier molecular flexibility index (Phi) is 18.6. The van der Waals surface area contributed by atoms with Gasteiger partial charge in [-0.05, 0) is 96.5 Å². The van der Waals surface area contributed by atoms with Gasteiger partial charge in [0, 0.05) is 5.57 Å². The highest BCUT2D eigenvalue weighted by Crippen LogP contribution is 2.31. The van der Waals surface area contributed by atoms with Gasteiger partial charge in [0.15, 0.2) is 0 Å². The molecule has 0 aromatic rings. The Morgan fingerprint density at radius 2 is 1.22 bits per heavy atom. The van der Waals surface area contributed by atoms with Crippen molar-refractivity contribution in [1.29, 1.82) is 0 Å². The number of rotatable bonds is 25. The molecular weight excluding hydrogens is 572 g/mol. The van der Waals surface area contributed by atoms with E-state index in [-0.39, 0.29) is 42.6 Å². The first-order valence-corrected chi connectivity index (χ1v) is 18.7. The highest BCUT2D eigenvalue weighted by Gasteiger charge is 2.36. The Labute approximate surface area is 273 Å². The molecule has 3 heterocycles. The Morgan fingerprint density at radius 1 is 0.667 bits per heavy atom. The van der Waals surface area contributed by atoms with E-state index in [0.29, 0.717) is 25.7 Å². The number of carbonyl (C=O) groups is 1. The molecule has 8 heteroatoms. The first-order chi connectivity index (χ1) is 21.8. The third-order valence-corrected chi connectivity index (χ3v) is 10.2. The van der Waals surface area contributed by atoms with E-state index in [4.69, 9.17) is 14.2 Å². The summed E-state index contributed by atoms with van der Waals surface area (Å²) >= 11 is 0. The van der Waals surface area contributed by atoms with E-state index in [1.54, 1.807) is 0 Å². The lowest BCUT2D eigenvalue weighted by atomic mass is 9.98. The van der Waals surface area contributed by atoms with Crippen molar-refractivity contribution in [3.63, 3.8) is 0 Å². The van der Waals surface area contributed by atoms with Crippen LogP contribution < -0.4 is 0 Å². The molecule has 0 unspecified atom stereocenters. The molecule has 262 valence electrons. The Hall–Kier alpha value is -1.03. The molecule has 3 aliphatic rings. The number of aliphatic hydroxyl groups is 4. The predicted molar refractivity (Wildman–Crippen MR) is 177 cm³/mol. The molecule has 0 spiro atoms. The number of hydrogen-bond donors (Lipinski definition) is 4. The van der Waals surface area contributed by atoms with Crippen LogP contribution in [-0.2, 0) is 19.0 Å². The van der Waals surface area contributed by atoms with Crippen molar-refractivity contribution in [3.05, 3.63) is 11.6 Å². The average molecular weight is 639 g/mol. The van der Waals surface area contributed by atoms with E-state index in [1.807, 2.05) is 13.0 Å². The van der Waals surface area contributed by atoms with Crippen molar-refractivity contribution in [3.8, 4) is 0 Å². The van der Waals surface area contributed by atoms with Gasteiger partial charge in [0.2, 0.25) is 0 Å². The van der Waals surface area contributed by atoms with Gasteiger partial charge in [-0.1, -0.05) is 71.1 Å². The van der Waals surface area contributed by atoms with Gasteiger partial charge in [-0.2, -0.15) is 0 Å². The van der Waals surface area contributed by atoms with Crippen molar-refractivity contribution in [2.75, 3.05) is 0 Å². The zero-order valence-corrected chi connectivity index (χ0v) is 28.5. The fourth-order valence-corrected chi connectivity index (χ4v) is 7.28. The van der Waals surface area contributed by atoms with E-state index in [2.05, 4.69) is 6.92 Å². The number of hydrogen-bond acceptors (Lipinski definition) is 8. The SMILES string of the molecule is CCCCCC[C@H](O)CCC[C@H](O)[C@H]1CC[C@H]([C@@H](O)CC[C@H](O)[C@H]2CC[C@@H](CCCCCCCCCC3=C[C@H](C)OC3=O)O2)O1. The molecule has 0 bridgehead atoms. The van der Waals surface area contributed by atoms with E-state index in [0.717, 1.165) is 82.6 Å². The second-order valence-electron chi connectivity index (χ2n) is 14.2. The Bertz CT molecular complexity index is 833. The molecule has 8 nitrogen and oxygen atoms in total. The standard InChI is InChI=1S/C37H66O8/c1-3-4-5-12-16-29(38)17-14-19-31(39)35-24-25-36(45-35)33(41)22-21-32(40)34-23-20-30(44-34)18-13-10-8-6-7-9-11-15-28-26-27(2)43-37(28)42/h26-27,29-36,38-41H,3-25H2,1-2H3/t27-,29-,30+,31-,32-,33-,34+,35+,36+/m0/s1. The maximum absolute atomic E-state index is 11.7. The molecule has 0 aliphatic carbocycles. The molecule has 3 aliphatic heterocycles. The Balaban J connectivity index is 1.16. The molecule has 2 saturated heterocycles. The second-order valence-corrected chi connectivity index (χ2v) is 14.2. The summed E-state index contributed by atoms with van der Waals surface area (Å²) in [5, 5.41) is 42.3. The van der Waals surface area contributed by atoms with E-state index < -0.39 is 18.3 Å². The van der Waals surface area contributed by atoms with Crippen LogP contribution in [0.4, 0.5) is 0 Å². The lowest BCUT2D eigenvalue weighted by molar-refractivity contribution is -0.139. The molecule has 0 saturated carbocycles. The zero-order valence-electron chi connectivity index (χ0n) is 28.5. The first kappa shape index (κ1) is 38.4.